The Morgan fingerprint density at radius 2 is 1.52 bits per heavy atom. The zero-order chi connectivity index (χ0) is 21.4. The maximum absolute atomic E-state index is 13.6. The molecule has 6 heteroatoms. The Hall–Kier alpha value is -2.70. The van der Waals surface area contributed by atoms with E-state index in [9.17, 15) is 9.59 Å². The number of carbonyl (C=O) groups is 2. The van der Waals surface area contributed by atoms with Gasteiger partial charge in [-0.15, -0.1) is 11.8 Å². The molecule has 1 atom stereocenters. The first kappa shape index (κ1) is 20.2. The van der Waals surface area contributed by atoms with Crippen LogP contribution in [0, 0.1) is 5.92 Å². The summed E-state index contributed by atoms with van der Waals surface area (Å²) in [7, 11) is 0. The summed E-state index contributed by atoms with van der Waals surface area (Å²) in [5.41, 5.74) is 2.67. The zero-order valence-corrected chi connectivity index (χ0v) is 18.7. The van der Waals surface area contributed by atoms with Gasteiger partial charge in [-0.1, -0.05) is 36.0 Å². The molecule has 0 spiro atoms. The topological polar surface area (TPSA) is 49.4 Å². The first-order chi connectivity index (χ1) is 15.1. The van der Waals surface area contributed by atoms with Gasteiger partial charge in [0.1, 0.15) is 0 Å². The van der Waals surface area contributed by atoms with E-state index in [1.54, 1.807) is 11.8 Å². The quantitative estimate of drug-likeness (QED) is 0.464. The average molecular weight is 447 g/mol. The number of nitrogens with one attached hydrogen (secondary N) is 1. The molecule has 1 saturated carbocycles. The SMILES string of the molecule is CC(Sc1ccc(NC(=O)C2CC2)cc1)C(=O)N1c2ccccc2Sc2ccccc21. The van der Waals surface area contributed by atoms with E-state index in [1.165, 1.54) is 11.8 Å². The van der Waals surface area contributed by atoms with Crippen LogP contribution in [0.2, 0.25) is 0 Å². The standard InChI is InChI=1S/C25H22N2O2S2/c1-16(30-19-14-12-18(13-15-19)26-24(28)17-10-11-17)25(29)27-20-6-2-4-8-22(20)31-23-9-5-3-7-21(23)27/h2-9,12-17H,10-11H2,1H3,(H,26,28). The predicted molar refractivity (Wildman–Crippen MR) is 127 cm³/mol. The lowest BCUT2D eigenvalue weighted by Crippen LogP contribution is -2.34. The number of benzene rings is 3. The van der Waals surface area contributed by atoms with Crippen molar-refractivity contribution < 1.29 is 9.59 Å². The molecule has 3 aromatic rings. The zero-order valence-electron chi connectivity index (χ0n) is 17.1. The molecule has 3 aromatic carbocycles. The van der Waals surface area contributed by atoms with Gasteiger partial charge in [0.15, 0.2) is 0 Å². The van der Waals surface area contributed by atoms with Crippen molar-refractivity contribution in [2.45, 2.75) is 39.7 Å². The highest BCUT2D eigenvalue weighted by molar-refractivity contribution is 8.00. The summed E-state index contributed by atoms with van der Waals surface area (Å²) in [5.74, 6) is 0.334. The molecular weight excluding hydrogens is 424 g/mol. The first-order valence-corrected chi connectivity index (χ1v) is 12.1. The maximum atomic E-state index is 13.6. The molecule has 2 aliphatic rings. The third-order valence-electron chi connectivity index (χ3n) is 5.38. The Balaban J connectivity index is 1.34. The highest BCUT2D eigenvalue weighted by Gasteiger charge is 2.31. The summed E-state index contributed by atoms with van der Waals surface area (Å²) in [6.07, 6.45) is 1.97. The summed E-state index contributed by atoms with van der Waals surface area (Å²) in [6, 6.07) is 23.8. The summed E-state index contributed by atoms with van der Waals surface area (Å²) >= 11 is 3.23. The predicted octanol–water partition coefficient (Wildman–Crippen LogP) is 6.35. The molecule has 5 rings (SSSR count). The lowest BCUT2D eigenvalue weighted by molar-refractivity contribution is -0.118. The minimum absolute atomic E-state index is 0.0521. The fourth-order valence-corrected chi connectivity index (χ4v) is 5.55. The molecule has 1 unspecified atom stereocenters. The fraction of sp³-hybridized carbons (Fsp3) is 0.200. The molecule has 1 aliphatic carbocycles. The Morgan fingerprint density at radius 1 is 0.935 bits per heavy atom. The molecular formula is C25H22N2O2S2. The third kappa shape index (κ3) is 4.23. The molecule has 1 aliphatic heterocycles. The van der Waals surface area contributed by atoms with Gasteiger partial charge < -0.3 is 5.32 Å². The molecule has 1 N–H and O–H groups in total. The smallest absolute Gasteiger partial charge is 0.244 e. The van der Waals surface area contributed by atoms with Crippen LogP contribution in [0.25, 0.3) is 0 Å². The van der Waals surface area contributed by atoms with Crippen molar-refractivity contribution in [2.75, 3.05) is 10.2 Å². The van der Waals surface area contributed by atoms with Crippen LogP contribution in [0.4, 0.5) is 17.1 Å². The van der Waals surface area contributed by atoms with E-state index in [0.717, 1.165) is 44.6 Å². The van der Waals surface area contributed by atoms with Gasteiger partial charge in [0, 0.05) is 26.3 Å². The average Bonchev–Trinajstić information content (AvgIpc) is 3.64. The molecule has 0 aromatic heterocycles. The molecule has 4 nitrogen and oxygen atoms in total. The monoisotopic (exact) mass is 446 g/mol. The number of nitrogens with zero attached hydrogens (tertiary/aromatic N) is 1. The number of thioether (sulfide) groups is 1. The Morgan fingerprint density at radius 3 is 2.10 bits per heavy atom. The Kier molecular flexibility index (Phi) is 5.50. The number of rotatable bonds is 5. The van der Waals surface area contributed by atoms with E-state index in [0.29, 0.717) is 0 Å². The van der Waals surface area contributed by atoms with Crippen LogP contribution in [0.5, 0.6) is 0 Å². The Labute approximate surface area is 190 Å². The first-order valence-electron chi connectivity index (χ1n) is 10.4. The number of amides is 2. The van der Waals surface area contributed by atoms with Crippen molar-refractivity contribution in [1.29, 1.82) is 0 Å². The van der Waals surface area contributed by atoms with E-state index in [-0.39, 0.29) is 23.0 Å². The van der Waals surface area contributed by atoms with Crippen LogP contribution < -0.4 is 10.2 Å². The number of hydrogen-bond donors (Lipinski definition) is 1. The highest BCUT2D eigenvalue weighted by Crippen LogP contribution is 2.48. The van der Waals surface area contributed by atoms with Crippen molar-refractivity contribution in [2.24, 2.45) is 5.92 Å². The van der Waals surface area contributed by atoms with Crippen molar-refractivity contribution in [3.63, 3.8) is 0 Å². The van der Waals surface area contributed by atoms with E-state index in [2.05, 4.69) is 17.4 Å². The Bertz CT molecular complexity index is 1100. The lowest BCUT2D eigenvalue weighted by Gasteiger charge is -2.32. The minimum Gasteiger partial charge on any atom is -0.326 e. The maximum Gasteiger partial charge on any atom is 0.244 e. The second-order valence-corrected chi connectivity index (χ2v) is 10.3. The van der Waals surface area contributed by atoms with Gasteiger partial charge in [0.2, 0.25) is 11.8 Å². The van der Waals surface area contributed by atoms with Crippen LogP contribution in [0.3, 0.4) is 0 Å². The van der Waals surface area contributed by atoms with E-state index in [4.69, 9.17) is 0 Å². The molecule has 1 heterocycles. The van der Waals surface area contributed by atoms with E-state index >= 15 is 0 Å². The van der Waals surface area contributed by atoms with Gasteiger partial charge in [-0.05, 0) is 68.3 Å². The molecule has 156 valence electrons. The second kappa shape index (κ2) is 8.44. The number of fused-ring (bicyclic) bond motifs is 2. The van der Waals surface area contributed by atoms with Gasteiger partial charge in [-0.2, -0.15) is 0 Å². The lowest BCUT2D eigenvalue weighted by atomic mass is 10.2. The van der Waals surface area contributed by atoms with Crippen LogP contribution in [0.15, 0.2) is 87.5 Å². The summed E-state index contributed by atoms with van der Waals surface area (Å²) < 4.78 is 0. The molecule has 0 bridgehead atoms. The molecule has 0 radical (unpaired) electrons. The number of para-hydroxylation sites is 2. The van der Waals surface area contributed by atoms with Gasteiger partial charge in [0.05, 0.1) is 16.6 Å². The minimum atomic E-state index is -0.267. The molecule has 2 amide bonds. The number of anilines is 3. The molecule has 0 saturated heterocycles. The highest BCUT2D eigenvalue weighted by atomic mass is 32.2. The van der Waals surface area contributed by atoms with Gasteiger partial charge in [0.25, 0.3) is 0 Å². The van der Waals surface area contributed by atoms with Crippen molar-refractivity contribution in [3.05, 3.63) is 72.8 Å². The van der Waals surface area contributed by atoms with Gasteiger partial charge in [-0.25, -0.2) is 0 Å². The summed E-state index contributed by atoms with van der Waals surface area (Å²) in [6.45, 7) is 1.95. The molecule has 1 fully saturated rings. The van der Waals surface area contributed by atoms with E-state index < -0.39 is 0 Å². The van der Waals surface area contributed by atoms with Crippen LogP contribution in [-0.4, -0.2) is 17.1 Å². The number of hydrogen-bond acceptors (Lipinski definition) is 4. The van der Waals surface area contributed by atoms with Crippen molar-refractivity contribution in [1.82, 2.24) is 0 Å². The summed E-state index contributed by atoms with van der Waals surface area (Å²) in [4.78, 5) is 30.5. The van der Waals surface area contributed by atoms with Crippen LogP contribution >= 0.6 is 23.5 Å². The number of carbonyl (C=O) groups excluding carboxylic acids is 2. The van der Waals surface area contributed by atoms with Gasteiger partial charge in [-0.3, -0.25) is 14.5 Å². The largest absolute Gasteiger partial charge is 0.326 e. The van der Waals surface area contributed by atoms with Crippen molar-refractivity contribution >= 4 is 52.4 Å². The van der Waals surface area contributed by atoms with Gasteiger partial charge >= 0.3 is 0 Å². The van der Waals surface area contributed by atoms with Crippen LogP contribution in [0.1, 0.15) is 19.8 Å². The van der Waals surface area contributed by atoms with E-state index in [1.807, 2.05) is 72.5 Å². The van der Waals surface area contributed by atoms with Crippen LogP contribution in [-0.2, 0) is 9.59 Å². The third-order valence-corrected chi connectivity index (χ3v) is 7.61. The molecule has 31 heavy (non-hydrogen) atoms. The normalized spacial score (nSPS) is 15.6. The second-order valence-electron chi connectivity index (χ2n) is 7.76. The van der Waals surface area contributed by atoms with Crippen molar-refractivity contribution in [3.8, 4) is 0 Å². The summed E-state index contributed by atoms with van der Waals surface area (Å²) in [5, 5.41) is 2.69. The fourth-order valence-electron chi connectivity index (χ4n) is 3.59.